The van der Waals surface area contributed by atoms with Gasteiger partial charge in [0.05, 0.1) is 27.3 Å². The maximum atomic E-state index is 13.5. The smallest absolute Gasteiger partial charge is 0.261 e. The van der Waals surface area contributed by atoms with Gasteiger partial charge >= 0.3 is 0 Å². The van der Waals surface area contributed by atoms with E-state index in [2.05, 4.69) is 18.0 Å². The molecule has 0 radical (unpaired) electrons. The molecule has 0 saturated heterocycles. The van der Waals surface area contributed by atoms with Gasteiger partial charge in [-0.05, 0) is 60.9 Å². The van der Waals surface area contributed by atoms with Crippen molar-refractivity contribution >= 4 is 55.8 Å². The van der Waals surface area contributed by atoms with E-state index >= 15 is 0 Å². The van der Waals surface area contributed by atoms with Crippen LogP contribution in [0.4, 0.5) is 5.13 Å². The number of aryl methyl sites for hydroxylation is 2. The SMILES string of the molecule is Cc1ccc2sc(N(Cc3cccnc3)C(=O)c3ccc(Cl)cc3Cl)nc2c1C. The molecular formula is C22H17Cl2N3OS. The van der Waals surface area contributed by atoms with Crippen LogP contribution in [-0.4, -0.2) is 15.9 Å². The maximum Gasteiger partial charge on any atom is 0.261 e. The zero-order chi connectivity index (χ0) is 20.5. The van der Waals surface area contributed by atoms with Gasteiger partial charge in [0.25, 0.3) is 5.91 Å². The molecule has 0 N–H and O–H groups in total. The number of thiazole rings is 1. The number of hydrogen-bond acceptors (Lipinski definition) is 4. The first-order chi connectivity index (χ1) is 13.9. The highest BCUT2D eigenvalue weighted by molar-refractivity contribution is 7.22. The molecule has 2 aromatic heterocycles. The molecule has 146 valence electrons. The van der Waals surface area contributed by atoms with Crippen molar-refractivity contribution in [2.45, 2.75) is 20.4 Å². The van der Waals surface area contributed by atoms with Crippen LogP contribution in [0.15, 0.2) is 54.9 Å². The van der Waals surface area contributed by atoms with Gasteiger partial charge < -0.3 is 0 Å². The Kier molecular flexibility index (Phi) is 5.54. The topological polar surface area (TPSA) is 46.1 Å². The van der Waals surface area contributed by atoms with Gasteiger partial charge in [0.15, 0.2) is 5.13 Å². The molecule has 4 rings (SSSR count). The van der Waals surface area contributed by atoms with E-state index in [0.29, 0.717) is 27.3 Å². The van der Waals surface area contributed by atoms with E-state index in [1.165, 1.54) is 16.9 Å². The molecule has 0 saturated carbocycles. The van der Waals surface area contributed by atoms with Crippen molar-refractivity contribution < 1.29 is 4.79 Å². The Morgan fingerprint density at radius 2 is 1.97 bits per heavy atom. The van der Waals surface area contributed by atoms with Gasteiger partial charge in [0.2, 0.25) is 0 Å². The molecule has 0 fully saturated rings. The van der Waals surface area contributed by atoms with Gasteiger partial charge in [-0.2, -0.15) is 0 Å². The van der Waals surface area contributed by atoms with Crippen molar-refractivity contribution in [2.24, 2.45) is 0 Å². The van der Waals surface area contributed by atoms with E-state index < -0.39 is 0 Å². The predicted octanol–water partition coefficient (Wildman–Crippen LogP) is 6.46. The Hall–Kier alpha value is -2.47. The number of pyridine rings is 1. The summed E-state index contributed by atoms with van der Waals surface area (Å²) in [6.07, 6.45) is 3.45. The molecule has 0 aliphatic rings. The van der Waals surface area contributed by atoms with Gasteiger partial charge in [0.1, 0.15) is 0 Å². The minimum Gasteiger partial charge on any atom is -0.279 e. The predicted molar refractivity (Wildman–Crippen MR) is 120 cm³/mol. The summed E-state index contributed by atoms with van der Waals surface area (Å²) in [6.45, 7) is 4.44. The molecule has 2 heterocycles. The summed E-state index contributed by atoms with van der Waals surface area (Å²) in [7, 11) is 0. The molecule has 7 heteroatoms. The maximum absolute atomic E-state index is 13.5. The number of aromatic nitrogens is 2. The fourth-order valence-corrected chi connectivity index (χ4v) is 4.55. The zero-order valence-corrected chi connectivity index (χ0v) is 18.1. The molecule has 0 unspecified atom stereocenters. The van der Waals surface area contributed by atoms with Crippen molar-refractivity contribution in [3.63, 3.8) is 0 Å². The van der Waals surface area contributed by atoms with Gasteiger partial charge in [-0.3, -0.25) is 14.7 Å². The highest BCUT2D eigenvalue weighted by atomic mass is 35.5. The van der Waals surface area contributed by atoms with Crippen LogP contribution in [-0.2, 0) is 6.54 Å². The molecule has 4 nitrogen and oxygen atoms in total. The summed E-state index contributed by atoms with van der Waals surface area (Å²) in [5.74, 6) is -0.232. The summed E-state index contributed by atoms with van der Waals surface area (Å²) in [4.78, 5) is 24.1. The third kappa shape index (κ3) is 3.99. The third-order valence-corrected chi connectivity index (χ3v) is 6.37. The minimum atomic E-state index is -0.232. The zero-order valence-electron chi connectivity index (χ0n) is 15.8. The number of carbonyl (C=O) groups is 1. The van der Waals surface area contributed by atoms with Gasteiger partial charge in [-0.15, -0.1) is 0 Å². The van der Waals surface area contributed by atoms with Crippen molar-refractivity contribution in [3.05, 3.63) is 87.2 Å². The lowest BCUT2D eigenvalue weighted by Crippen LogP contribution is -2.30. The standard InChI is InChI=1S/C22H17Cl2N3OS/c1-13-5-8-19-20(14(13)2)26-22(29-19)27(12-15-4-3-9-25-11-15)21(28)17-7-6-16(23)10-18(17)24/h3-11H,12H2,1-2H3. The Bertz CT molecular complexity index is 1210. The van der Waals surface area contributed by atoms with Gasteiger partial charge in [0, 0.05) is 17.4 Å². The first-order valence-corrected chi connectivity index (χ1v) is 10.5. The number of anilines is 1. The number of carbonyl (C=O) groups excluding carboxylic acids is 1. The van der Waals surface area contributed by atoms with Gasteiger partial charge in [-0.25, -0.2) is 4.98 Å². The van der Waals surface area contributed by atoms with Crippen molar-refractivity contribution in [1.82, 2.24) is 9.97 Å². The summed E-state index contributed by atoms with van der Waals surface area (Å²) < 4.78 is 1.04. The average molecular weight is 442 g/mol. The Balaban J connectivity index is 1.82. The fourth-order valence-electron chi connectivity index (χ4n) is 3.04. The molecule has 0 spiro atoms. The van der Waals surface area contributed by atoms with E-state index in [1.807, 2.05) is 25.1 Å². The number of amides is 1. The lowest BCUT2D eigenvalue weighted by atomic mass is 10.1. The van der Waals surface area contributed by atoms with E-state index in [1.54, 1.807) is 35.5 Å². The summed E-state index contributed by atoms with van der Waals surface area (Å²) >= 11 is 13.8. The van der Waals surface area contributed by atoms with E-state index in [4.69, 9.17) is 28.2 Å². The fraction of sp³-hybridized carbons (Fsp3) is 0.136. The minimum absolute atomic E-state index is 0.232. The van der Waals surface area contributed by atoms with Crippen molar-refractivity contribution in [2.75, 3.05) is 4.90 Å². The van der Waals surface area contributed by atoms with E-state index in [9.17, 15) is 4.79 Å². The molecule has 2 aromatic carbocycles. The highest BCUT2D eigenvalue weighted by Gasteiger charge is 2.24. The first kappa shape index (κ1) is 19.8. The number of rotatable bonds is 4. The summed E-state index contributed by atoms with van der Waals surface area (Å²) in [5, 5.41) is 1.41. The quantitative estimate of drug-likeness (QED) is 0.364. The second-order valence-corrected chi connectivity index (χ2v) is 8.58. The van der Waals surface area contributed by atoms with Crippen LogP contribution in [0.2, 0.25) is 10.0 Å². The number of fused-ring (bicyclic) bond motifs is 1. The van der Waals surface area contributed by atoms with Gasteiger partial charge in [-0.1, -0.05) is 46.7 Å². The Labute approximate surface area is 182 Å². The summed E-state index contributed by atoms with van der Waals surface area (Å²) in [6, 6.07) is 12.8. The number of halogens is 2. The normalized spacial score (nSPS) is 11.0. The van der Waals surface area contributed by atoms with E-state index in [0.717, 1.165) is 21.3 Å². The molecule has 0 aliphatic heterocycles. The molecule has 29 heavy (non-hydrogen) atoms. The second-order valence-electron chi connectivity index (χ2n) is 6.73. The average Bonchev–Trinajstić information content (AvgIpc) is 3.14. The van der Waals surface area contributed by atoms with Crippen LogP contribution in [0, 0.1) is 13.8 Å². The van der Waals surface area contributed by atoms with E-state index in [-0.39, 0.29) is 5.91 Å². The summed E-state index contributed by atoms with van der Waals surface area (Å²) in [5.41, 5.74) is 4.48. The molecule has 0 bridgehead atoms. The Morgan fingerprint density at radius 1 is 1.14 bits per heavy atom. The largest absolute Gasteiger partial charge is 0.279 e. The lowest BCUT2D eigenvalue weighted by Gasteiger charge is -2.20. The van der Waals surface area contributed by atoms with Crippen LogP contribution in [0.25, 0.3) is 10.2 Å². The molecular weight excluding hydrogens is 425 g/mol. The third-order valence-electron chi connectivity index (χ3n) is 4.77. The highest BCUT2D eigenvalue weighted by Crippen LogP contribution is 2.34. The second kappa shape index (κ2) is 8.11. The van der Waals surface area contributed by atoms with Crippen LogP contribution in [0.1, 0.15) is 27.0 Å². The number of hydrogen-bond donors (Lipinski definition) is 0. The number of benzene rings is 2. The van der Waals surface area contributed by atoms with Crippen LogP contribution in [0.5, 0.6) is 0 Å². The Morgan fingerprint density at radius 3 is 2.69 bits per heavy atom. The number of nitrogens with zero attached hydrogens (tertiary/aromatic N) is 3. The van der Waals surface area contributed by atoms with Crippen LogP contribution in [0.3, 0.4) is 0 Å². The van der Waals surface area contributed by atoms with Crippen LogP contribution >= 0.6 is 34.5 Å². The van der Waals surface area contributed by atoms with Crippen molar-refractivity contribution in [3.8, 4) is 0 Å². The van der Waals surface area contributed by atoms with Crippen LogP contribution < -0.4 is 4.90 Å². The molecule has 4 aromatic rings. The first-order valence-electron chi connectivity index (χ1n) is 8.96. The molecule has 1 amide bonds. The molecule has 0 aliphatic carbocycles. The van der Waals surface area contributed by atoms with Crippen molar-refractivity contribution in [1.29, 1.82) is 0 Å². The molecule has 0 atom stereocenters. The lowest BCUT2D eigenvalue weighted by molar-refractivity contribution is 0.0985. The monoisotopic (exact) mass is 441 g/mol.